The summed E-state index contributed by atoms with van der Waals surface area (Å²) in [7, 11) is -0.619. The van der Waals surface area contributed by atoms with Crippen molar-refractivity contribution in [2.45, 2.75) is 10.5 Å². The van der Waals surface area contributed by atoms with Crippen molar-refractivity contribution in [2.24, 2.45) is 0 Å². The van der Waals surface area contributed by atoms with Crippen molar-refractivity contribution in [3.8, 4) is 23.0 Å². The summed E-state index contributed by atoms with van der Waals surface area (Å²) in [5, 5.41) is 0.155. The second-order valence-corrected chi connectivity index (χ2v) is 11.1. The quantitative estimate of drug-likeness (QED) is 0.187. The van der Waals surface area contributed by atoms with Crippen LogP contribution < -0.4 is 23.3 Å². The molecule has 0 saturated heterocycles. The third kappa shape index (κ3) is 4.76. The van der Waals surface area contributed by atoms with Gasteiger partial charge in [-0.3, -0.25) is 4.79 Å². The summed E-state index contributed by atoms with van der Waals surface area (Å²) in [6, 6.07) is 22.5. The van der Waals surface area contributed by atoms with E-state index in [0.29, 0.717) is 10.1 Å². The van der Waals surface area contributed by atoms with Gasteiger partial charge in [0.2, 0.25) is 0 Å². The van der Waals surface area contributed by atoms with Gasteiger partial charge < -0.3 is 23.7 Å². The van der Waals surface area contributed by atoms with E-state index in [4.69, 9.17) is 35.3 Å². The number of rotatable bonds is 8. The second kappa shape index (κ2) is 11.3. The largest absolute Gasteiger partial charge is 0.515 e. The van der Waals surface area contributed by atoms with Crippen molar-refractivity contribution in [1.82, 2.24) is 0 Å². The highest BCUT2D eigenvalue weighted by molar-refractivity contribution is 7.93. The smallest absolute Gasteiger partial charge is 0.497 e. The Balaban J connectivity index is 1.75. The number of para-hydroxylation sites is 2. The summed E-state index contributed by atoms with van der Waals surface area (Å²) >= 11 is 6.37. The summed E-state index contributed by atoms with van der Waals surface area (Å²) in [6.45, 7) is 0. The number of halogens is 1. The normalized spacial score (nSPS) is 16.0. The van der Waals surface area contributed by atoms with Gasteiger partial charge in [-0.2, -0.15) is 4.31 Å². The Morgan fingerprint density at radius 1 is 0.762 bits per heavy atom. The lowest BCUT2D eigenvalue weighted by atomic mass is 9.86. The van der Waals surface area contributed by atoms with Crippen LogP contribution in [0.1, 0.15) is 11.1 Å². The molecular formula is C30H24ClNO9S. The lowest BCUT2D eigenvalue weighted by Crippen LogP contribution is -2.47. The summed E-state index contributed by atoms with van der Waals surface area (Å²) in [5.74, 6) is -0.586. The van der Waals surface area contributed by atoms with Gasteiger partial charge in [-0.05, 0) is 48.5 Å². The Morgan fingerprint density at radius 2 is 1.45 bits per heavy atom. The number of amides is 1. The van der Waals surface area contributed by atoms with Crippen molar-refractivity contribution in [2.75, 3.05) is 25.6 Å². The van der Waals surface area contributed by atoms with Crippen molar-refractivity contribution in [1.29, 1.82) is 0 Å². The first-order valence-corrected chi connectivity index (χ1v) is 14.2. The molecule has 1 atom stereocenters. The fourth-order valence-corrected chi connectivity index (χ4v) is 6.51. The number of sulfonamides is 1. The van der Waals surface area contributed by atoms with Crippen LogP contribution in [-0.2, 0) is 25.2 Å². The Bertz CT molecular complexity index is 1780. The number of carbonyl (C=O) groups is 2. The maximum absolute atomic E-state index is 14.6. The van der Waals surface area contributed by atoms with Gasteiger partial charge in [0.15, 0.2) is 0 Å². The third-order valence-corrected chi connectivity index (χ3v) is 8.57. The first-order valence-electron chi connectivity index (χ1n) is 12.4. The molecule has 216 valence electrons. The standard InChI is InChI=1S/C30H24ClNO9S/c1-37-21-14-16-27(26(18-21)39-3)42(35,36)32-24-15-13-19(31)17-23(24)30(28(32)33,22-11-7-8-12-25(22)38-2)41-29(34)40-20-9-5-4-6-10-20/h4-18H,1-3H3. The predicted molar refractivity (Wildman–Crippen MR) is 153 cm³/mol. The number of methoxy groups -OCH3 is 3. The second-order valence-electron chi connectivity index (χ2n) is 8.90. The van der Waals surface area contributed by atoms with Crippen molar-refractivity contribution in [3.05, 3.63) is 107 Å². The van der Waals surface area contributed by atoms with Gasteiger partial charge in [0.05, 0.1) is 32.6 Å². The minimum atomic E-state index is -4.69. The molecule has 0 aliphatic carbocycles. The first-order chi connectivity index (χ1) is 20.2. The zero-order valence-electron chi connectivity index (χ0n) is 22.6. The molecule has 1 unspecified atom stereocenters. The highest BCUT2D eigenvalue weighted by Crippen LogP contribution is 2.52. The maximum atomic E-state index is 14.6. The maximum Gasteiger partial charge on any atom is 0.515 e. The molecule has 4 aromatic carbocycles. The zero-order valence-corrected chi connectivity index (χ0v) is 24.1. The van der Waals surface area contributed by atoms with Crippen LogP contribution in [0.25, 0.3) is 0 Å². The minimum absolute atomic E-state index is 0.0226. The van der Waals surface area contributed by atoms with E-state index >= 15 is 0 Å². The first kappa shape index (κ1) is 28.8. The SMILES string of the molecule is COc1ccc(S(=O)(=O)N2C(=O)C(OC(=O)Oc3ccccc3)(c3ccccc3OC)c3cc(Cl)ccc32)c(OC)c1. The summed E-state index contributed by atoms with van der Waals surface area (Å²) in [6.07, 6.45) is -1.27. The highest BCUT2D eigenvalue weighted by Gasteiger charge is 2.61. The number of fused-ring (bicyclic) bond motifs is 1. The van der Waals surface area contributed by atoms with E-state index in [2.05, 4.69) is 0 Å². The monoisotopic (exact) mass is 609 g/mol. The molecule has 1 heterocycles. The van der Waals surface area contributed by atoms with Gasteiger partial charge in [0.25, 0.3) is 21.5 Å². The van der Waals surface area contributed by atoms with Crippen LogP contribution in [0.2, 0.25) is 5.02 Å². The van der Waals surface area contributed by atoms with Gasteiger partial charge >= 0.3 is 6.16 Å². The number of anilines is 1. The van der Waals surface area contributed by atoms with Gasteiger partial charge in [0.1, 0.15) is 27.9 Å². The fraction of sp³-hybridized carbons (Fsp3) is 0.133. The van der Waals surface area contributed by atoms with Crippen LogP contribution in [0.4, 0.5) is 10.5 Å². The number of benzene rings is 4. The third-order valence-electron chi connectivity index (χ3n) is 6.60. The molecule has 0 saturated carbocycles. The van der Waals surface area contributed by atoms with Crippen LogP contribution in [0.15, 0.2) is 95.9 Å². The molecule has 10 nitrogen and oxygen atoms in total. The predicted octanol–water partition coefficient (Wildman–Crippen LogP) is 5.56. The fourth-order valence-electron chi connectivity index (χ4n) is 4.74. The number of carbonyl (C=O) groups excluding carboxylic acids is 2. The van der Waals surface area contributed by atoms with E-state index in [1.165, 1.54) is 75.9 Å². The molecule has 0 spiro atoms. The van der Waals surface area contributed by atoms with E-state index in [-0.39, 0.29) is 44.0 Å². The molecule has 1 aliphatic rings. The van der Waals surface area contributed by atoms with E-state index in [9.17, 15) is 18.0 Å². The van der Waals surface area contributed by atoms with Gasteiger partial charge in [0, 0.05) is 16.7 Å². The Kier molecular flexibility index (Phi) is 7.72. The molecule has 0 fully saturated rings. The molecule has 5 rings (SSSR count). The van der Waals surface area contributed by atoms with Gasteiger partial charge in [-0.1, -0.05) is 48.0 Å². The molecule has 0 aromatic heterocycles. The molecular weight excluding hydrogens is 586 g/mol. The molecule has 1 aliphatic heterocycles. The number of hydrogen-bond acceptors (Lipinski definition) is 9. The van der Waals surface area contributed by atoms with Crippen LogP contribution in [-0.4, -0.2) is 41.8 Å². The highest BCUT2D eigenvalue weighted by atomic mass is 35.5. The van der Waals surface area contributed by atoms with E-state index in [0.717, 1.165) is 0 Å². The number of hydrogen-bond donors (Lipinski definition) is 0. The Hall–Kier alpha value is -4.74. The van der Waals surface area contributed by atoms with E-state index < -0.39 is 27.7 Å². The lowest BCUT2D eigenvalue weighted by molar-refractivity contribution is -0.132. The van der Waals surface area contributed by atoms with E-state index in [1.807, 2.05) is 0 Å². The van der Waals surface area contributed by atoms with Crippen LogP contribution in [0.5, 0.6) is 23.0 Å². The summed E-state index contributed by atoms with van der Waals surface area (Å²) < 4.78 is 56.4. The number of nitrogens with zero attached hydrogens (tertiary/aromatic N) is 1. The summed E-state index contributed by atoms with van der Waals surface area (Å²) in [5.41, 5.74) is -2.46. The minimum Gasteiger partial charge on any atom is -0.497 e. The van der Waals surface area contributed by atoms with E-state index in [1.54, 1.807) is 36.4 Å². The Labute approximate surface area is 247 Å². The van der Waals surface area contributed by atoms with Crippen LogP contribution in [0, 0.1) is 0 Å². The number of ether oxygens (including phenoxy) is 5. The van der Waals surface area contributed by atoms with Crippen LogP contribution in [0.3, 0.4) is 0 Å². The average molecular weight is 610 g/mol. The molecule has 42 heavy (non-hydrogen) atoms. The Morgan fingerprint density at radius 3 is 2.14 bits per heavy atom. The molecule has 0 N–H and O–H groups in total. The molecule has 4 aromatic rings. The van der Waals surface area contributed by atoms with Crippen molar-refractivity contribution in [3.63, 3.8) is 0 Å². The molecule has 0 bridgehead atoms. The lowest BCUT2D eigenvalue weighted by Gasteiger charge is -2.29. The average Bonchev–Trinajstić information content (AvgIpc) is 3.24. The molecule has 1 amide bonds. The molecule has 12 heteroatoms. The zero-order chi connectivity index (χ0) is 30.1. The van der Waals surface area contributed by atoms with Crippen LogP contribution >= 0.6 is 11.6 Å². The summed E-state index contributed by atoms with van der Waals surface area (Å²) in [4.78, 5) is 27.6. The molecule has 0 radical (unpaired) electrons. The topological polar surface area (TPSA) is 118 Å². The van der Waals surface area contributed by atoms with Crippen molar-refractivity contribution >= 4 is 39.4 Å². The van der Waals surface area contributed by atoms with Gasteiger partial charge in [-0.15, -0.1) is 0 Å². The van der Waals surface area contributed by atoms with Crippen molar-refractivity contribution < 1.29 is 41.7 Å². The van der Waals surface area contributed by atoms with Gasteiger partial charge in [-0.25, -0.2) is 13.2 Å².